The van der Waals surface area contributed by atoms with Gasteiger partial charge in [-0.2, -0.15) is 0 Å². The van der Waals surface area contributed by atoms with E-state index in [4.69, 9.17) is 18.9 Å². The van der Waals surface area contributed by atoms with Gasteiger partial charge in [0.1, 0.15) is 13.2 Å². The number of carboxylic acid groups (broad SMARTS) is 1. The van der Waals surface area contributed by atoms with Crippen LogP contribution in [-0.2, 0) is 33.3 Å². The van der Waals surface area contributed by atoms with Crippen LogP contribution in [0.25, 0.3) is 0 Å². The number of carbonyl (C=O) groups excluding carboxylic acids is 3. The van der Waals surface area contributed by atoms with Gasteiger partial charge in [-0.25, -0.2) is 0 Å². The number of ether oxygens (including phenoxy) is 4. The Morgan fingerprint density at radius 3 is 0.871 bits per heavy atom. The number of likely N-dealkylation sites (N-methyl/N-ethyl adjacent to an activating group) is 1. The summed E-state index contributed by atoms with van der Waals surface area (Å²) in [6.07, 6.45) is 112. The summed E-state index contributed by atoms with van der Waals surface area (Å²) in [7, 11) is 5.88. The van der Waals surface area contributed by atoms with Gasteiger partial charge in [-0.15, -0.1) is 0 Å². The van der Waals surface area contributed by atoms with Gasteiger partial charge in [-0.3, -0.25) is 9.59 Å². The first kappa shape index (κ1) is 86.1. The number of hydrogen-bond acceptors (Lipinski definition) is 8. The van der Waals surface area contributed by atoms with E-state index in [1.165, 1.54) is 0 Å². The first-order valence-corrected chi connectivity index (χ1v) is 35.2. The molecule has 0 N–H and O–H groups in total. The molecule has 0 spiro atoms. The van der Waals surface area contributed by atoms with E-state index in [0.717, 1.165) is 167 Å². The molecule has 0 aliphatic rings. The minimum atomic E-state index is -1.66. The quantitative estimate of drug-likeness (QED) is 0.0195. The van der Waals surface area contributed by atoms with Crippen LogP contribution < -0.4 is 5.11 Å². The van der Waals surface area contributed by atoms with E-state index >= 15 is 0 Å². The number of carboxylic acids is 1. The minimum absolute atomic E-state index is 0.120. The maximum absolute atomic E-state index is 12.9. The predicted octanol–water partition coefficient (Wildman–Crippen LogP) is 21.1. The zero-order chi connectivity index (χ0) is 67.5. The van der Waals surface area contributed by atoms with Crippen LogP contribution >= 0.6 is 0 Å². The molecule has 0 aromatic heterocycles. The molecule has 9 heteroatoms. The van der Waals surface area contributed by atoms with Crippen LogP contribution in [0.5, 0.6) is 0 Å². The van der Waals surface area contributed by atoms with Crippen molar-refractivity contribution in [2.24, 2.45) is 0 Å². The van der Waals surface area contributed by atoms with E-state index in [2.05, 4.69) is 257 Å². The third kappa shape index (κ3) is 72.4. The molecule has 2 atom stereocenters. The maximum atomic E-state index is 12.9. The molecule has 0 fully saturated rings. The standard InChI is InChI=1S/C84H125NO8/c1-6-8-10-12-14-16-18-20-22-24-26-28-30-32-34-35-36-37-38-39-40-41-42-43-44-45-46-47-49-51-53-55-57-59-61-63-65-67-69-71-73-75-82(87)93-80(79-92-84(83(88)89)90-77-76-85(3,4)5)78-91-81(86)74-72-70-68-66-64-62-60-58-56-54-52-50-48-33-31-29-27-25-23-21-19-17-15-13-11-9-7-2/h8-11,14-17,20-23,26-29,32-34,36-37,39-40,42-43,45-46,48-49,51-52,54-55,57-58,60-61,63-64,66,80,84H,6-7,12-13,18-19,24-25,30-31,35,38,41,44,47,50,53,56,59,62,65,67-79H2,1-5H3/b10-8-,11-9-,16-14-,17-15-,22-20-,23-21-,28-26-,29-27-,34-32-,37-36-,40-39-,43-42-,46-45-,48-33-,51-49-,54-52-,57-55-,60-58-,63-61-,66-64-. The fourth-order valence-corrected chi connectivity index (χ4v) is 8.30. The lowest BCUT2D eigenvalue weighted by Gasteiger charge is -2.26. The van der Waals surface area contributed by atoms with Gasteiger partial charge in [0.15, 0.2) is 12.4 Å². The Labute approximate surface area is 567 Å². The molecule has 0 saturated carbocycles. The maximum Gasteiger partial charge on any atom is 0.306 e. The van der Waals surface area contributed by atoms with Crippen LogP contribution in [0.1, 0.15) is 206 Å². The lowest BCUT2D eigenvalue weighted by atomic mass is 10.1. The number of hydrogen-bond donors (Lipinski definition) is 0. The van der Waals surface area contributed by atoms with Crippen molar-refractivity contribution in [1.29, 1.82) is 0 Å². The zero-order valence-electron chi connectivity index (χ0n) is 58.5. The molecule has 0 aromatic rings. The second kappa shape index (κ2) is 70.9. The number of allylic oxidation sites excluding steroid dienone is 40. The number of rotatable bonds is 61. The Balaban J connectivity index is 4.35. The number of carbonyl (C=O) groups is 3. The van der Waals surface area contributed by atoms with Gasteiger partial charge in [0.2, 0.25) is 0 Å². The van der Waals surface area contributed by atoms with E-state index in [0.29, 0.717) is 23.9 Å². The normalized spacial score (nSPS) is 14.2. The molecular formula is C84H125NO8. The van der Waals surface area contributed by atoms with Crippen LogP contribution in [-0.4, -0.2) is 82.3 Å². The highest BCUT2D eigenvalue weighted by Crippen LogP contribution is 2.12. The average molecular weight is 1280 g/mol. The van der Waals surface area contributed by atoms with E-state index in [-0.39, 0.29) is 32.7 Å². The average Bonchev–Trinajstić information content (AvgIpc) is 3.38. The summed E-state index contributed by atoms with van der Waals surface area (Å²) in [5.74, 6) is -2.41. The molecule has 0 saturated heterocycles. The second-order valence-electron chi connectivity index (χ2n) is 23.3. The van der Waals surface area contributed by atoms with Gasteiger partial charge < -0.3 is 33.3 Å². The van der Waals surface area contributed by atoms with Gasteiger partial charge in [-0.1, -0.05) is 270 Å². The molecule has 0 rings (SSSR count). The van der Waals surface area contributed by atoms with Crippen molar-refractivity contribution >= 4 is 17.9 Å². The lowest BCUT2D eigenvalue weighted by molar-refractivity contribution is -0.870. The highest BCUT2D eigenvalue weighted by atomic mass is 16.7. The smallest absolute Gasteiger partial charge is 0.306 e. The summed E-state index contributed by atoms with van der Waals surface area (Å²) in [5.41, 5.74) is 0. The fraction of sp³-hybridized carbons (Fsp3) is 0.488. The van der Waals surface area contributed by atoms with Gasteiger partial charge in [-0.05, 0) is 167 Å². The summed E-state index contributed by atoms with van der Waals surface area (Å²) >= 11 is 0. The van der Waals surface area contributed by atoms with Crippen molar-refractivity contribution in [3.8, 4) is 0 Å². The molecule has 0 aromatic carbocycles. The first-order valence-electron chi connectivity index (χ1n) is 35.2. The predicted molar refractivity (Wildman–Crippen MR) is 397 cm³/mol. The van der Waals surface area contributed by atoms with Crippen molar-refractivity contribution in [3.63, 3.8) is 0 Å². The zero-order valence-corrected chi connectivity index (χ0v) is 58.5. The Bertz CT molecular complexity index is 2430. The molecule has 0 heterocycles. The topological polar surface area (TPSA) is 111 Å². The van der Waals surface area contributed by atoms with E-state index in [1.54, 1.807) is 0 Å². The highest BCUT2D eigenvalue weighted by Gasteiger charge is 2.22. The SMILES string of the molecule is CC/C=C\C/C=C\C/C=C\C/C=C\C/C=C\C/C=C\C/C=C\C/C=C\C/C=C\C/C=C\C/C=C\C/C=C\CCCCCCC(=O)OC(COC(=O)CCCC/C=C\C/C=C\C/C=C\C/C=C\C/C=C\C/C=C\C/C=C\C/C=C\CC)COC(OCC[N+](C)(C)C)C(=O)[O-]. The molecule has 0 aliphatic heterocycles. The molecule has 514 valence electrons. The Hall–Kier alpha value is -6.91. The van der Waals surface area contributed by atoms with Crippen LogP contribution in [0.15, 0.2) is 243 Å². The van der Waals surface area contributed by atoms with E-state index in [9.17, 15) is 19.5 Å². The Morgan fingerprint density at radius 2 is 0.581 bits per heavy atom. The summed E-state index contributed by atoms with van der Waals surface area (Å²) in [4.78, 5) is 37.5. The van der Waals surface area contributed by atoms with E-state index < -0.39 is 30.3 Å². The van der Waals surface area contributed by atoms with Crippen molar-refractivity contribution in [2.75, 3.05) is 47.5 Å². The largest absolute Gasteiger partial charge is 0.545 e. The van der Waals surface area contributed by atoms with Crippen LogP contribution in [0.2, 0.25) is 0 Å². The monoisotopic (exact) mass is 1280 g/mol. The van der Waals surface area contributed by atoms with Gasteiger partial charge in [0.05, 0.1) is 40.3 Å². The number of quaternary nitrogens is 1. The third-order valence-corrected chi connectivity index (χ3v) is 13.6. The van der Waals surface area contributed by atoms with Gasteiger partial charge >= 0.3 is 11.9 Å². The van der Waals surface area contributed by atoms with Gasteiger partial charge in [0, 0.05) is 12.8 Å². The summed E-state index contributed by atoms with van der Waals surface area (Å²) < 4.78 is 22.7. The van der Waals surface area contributed by atoms with Crippen LogP contribution in [0.4, 0.5) is 0 Å². The molecule has 0 amide bonds. The molecule has 0 aliphatic carbocycles. The van der Waals surface area contributed by atoms with Crippen molar-refractivity contribution in [3.05, 3.63) is 243 Å². The number of unbranched alkanes of at least 4 members (excludes halogenated alkanes) is 6. The summed E-state index contributed by atoms with van der Waals surface area (Å²) in [5, 5.41) is 11.8. The molecular weight excluding hydrogens is 1150 g/mol. The number of esters is 2. The number of nitrogens with zero attached hydrogens (tertiary/aromatic N) is 1. The molecule has 9 nitrogen and oxygen atoms in total. The van der Waals surface area contributed by atoms with Crippen molar-refractivity contribution in [1.82, 2.24) is 0 Å². The number of aliphatic carboxylic acids is 1. The molecule has 0 radical (unpaired) electrons. The third-order valence-electron chi connectivity index (χ3n) is 13.6. The minimum Gasteiger partial charge on any atom is -0.545 e. The molecule has 93 heavy (non-hydrogen) atoms. The highest BCUT2D eigenvalue weighted by molar-refractivity contribution is 5.70. The first-order chi connectivity index (χ1) is 45.6. The van der Waals surface area contributed by atoms with Gasteiger partial charge in [0.25, 0.3) is 0 Å². The lowest BCUT2D eigenvalue weighted by Crippen LogP contribution is -2.44. The fourth-order valence-electron chi connectivity index (χ4n) is 8.30. The molecule has 0 bridgehead atoms. The Morgan fingerprint density at radius 1 is 0.323 bits per heavy atom. The van der Waals surface area contributed by atoms with Crippen molar-refractivity contribution < 1.29 is 42.9 Å². The molecule has 2 unspecified atom stereocenters. The summed E-state index contributed by atoms with van der Waals surface area (Å²) in [6, 6.07) is 0. The van der Waals surface area contributed by atoms with Crippen molar-refractivity contribution in [2.45, 2.75) is 219 Å². The van der Waals surface area contributed by atoms with Crippen LogP contribution in [0, 0.1) is 0 Å². The summed E-state index contributed by atoms with van der Waals surface area (Å²) in [6.45, 7) is 4.39. The second-order valence-corrected chi connectivity index (χ2v) is 23.3. The van der Waals surface area contributed by atoms with Crippen LogP contribution in [0.3, 0.4) is 0 Å². The van der Waals surface area contributed by atoms with E-state index in [1.807, 2.05) is 21.1 Å². The Kier molecular flexibility index (Phi) is 65.7.